The first-order chi connectivity index (χ1) is 24.1. The third-order valence-electron chi connectivity index (χ3n) is 6.99. The lowest BCUT2D eigenvalue weighted by molar-refractivity contribution is -0.385. The summed E-state index contributed by atoms with van der Waals surface area (Å²) in [5.74, 6) is -5.33. The van der Waals surface area contributed by atoms with Gasteiger partial charge in [0.15, 0.2) is 12.2 Å². The monoisotopic (exact) mass is 727 g/mol. The van der Waals surface area contributed by atoms with Crippen LogP contribution >= 0.6 is 11.8 Å². The number of hydrogen-bond acceptors (Lipinski definition) is 17. The standard InChI is InChI=1S/C31H25N3O16S/c1-16(35)46-31(47-17(2)36)26(50-30(39)20-7-13-23(14-8-20)34(44)45)27-25(49-29(38)19-5-11-22(12-6-19)33(42)43)24(15-51-27)48-28(37)18-3-9-21(10-4-18)32(40)41/h3-14,24-27,31H,15H2,1-2H3/t24-,25-,26-,27+/m1/s1. The van der Waals surface area contributed by atoms with Gasteiger partial charge in [-0.05, 0) is 36.4 Å². The van der Waals surface area contributed by atoms with E-state index in [0.717, 1.165) is 98.4 Å². The molecule has 1 aliphatic rings. The highest BCUT2D eigenvalue weighted by Gasteiger charge is 2.52. The third-order valence-corrected chi connectivity index (χ3v) is 8.43. The molecule has 0 spiro atoms. The van der Waals surface area contributed by atoms with Crippen LogP contribution in [-0.2, 0) is 33.3 Å². The summed E-state index contributed by atoms with van der Waals surface area (Å²) in [6.07, 6.45) is -6.61. The van der Waals surface area contributed by atoms with Crippen LogP contribution in [0.1, 0.15) is 44.9 Å². The van der Waals surface area contributed by atoms with Crippen molar-refractivity contribution in [1.82, 2.24) is 0 Å². The van der Waals surface area contributed by atoms with E-state index in [9.17, 15) is 54.3 Å². The smallest absolute Gasteiger partial charge is 0.338 e. The molecule has 20 heteroatoms. The maximum Gasteiger partial charge on any atom is 0.338 e. The number of thioether (sulfide) groups is 1. The van der Waals surface area contributed by atoms with Gasteiger partial charge in [0.05, 0.1) is 36.7 Å². The Morgan fingerprint density at radius 2 is 0.980 bits per heavy atom. The Morgan fingerprint density at radius 3 is 1.35 bits per heavy atom. The van der Waals surface area contributed by atoms with Gasteiger partial charge in [-0.3, -0.25) is 39.9 Å². The molecule has 51 heavy (non-hydrogen) atoms. The summed E-state index contributed by atoms with van der Waals surface area (Å²) in [6.45, 7) is 1.93. The Labute approximate surface area is 290 Å². The quantitative estimate of drug-likeness (QED) is 0.0793. The number of rotatable bonds is 13. The van der Waals surface area contributed by atoms with Crippen molar-refractivity contribution in [2.75, 3.05) is 5.75 Å². The summed E-state index contributed by atoms with van der Waals surface area (Å²) in [4.78, 5) is 95.2. The van der Waals surface area contributed by atoms with Gasteiger partial charge in [0.25, 0.3) is 23.4 Å². The van der Waals surface area contributed by atoms with Crippen LogP contribution in [0.2, 0.25) is 0 Å². The van der Waals surface area contributed by atoms with Crippen LogP contribution in [0.4, 0.5) is 17.1 Å². The van der Waals surface area contributed by atoms with E-state index < -0.39 is 74.5 Å². The summed E-state index contributed by atoms with van der Waals surface area (Å²) in [5.41, 5.74) is -1.49. The van der Waals surface area contributed by atoms with Crippen LogP contribution in [0.5, 0.6) is 0 Å². The van der Waals surface area contributed by atoms with Crippen LogP contribution in [0.15, 0.2) is 72.8 Å². The zero-order valence-corrected chi connectivity index (χ0v) is 27.1. The summed E-state index contributed by atoms with van der Waals surface area (Å²) < 4.78 is 27.4. The molecular weight excluding hydrogens is 702 g/mol. The predicted octanol–water partition coefficient (Wildman–Crippen LogP) is 3.96. The van der Waals surface area contributed by atoms with Crippen LogP contribution in [0.25, 0.3) is 0 Å². The third kappa shape index (κ3) is 9.59. The van der Waals surface area contributed by atoms with Crippen molar-refractivity contribution in [2.24, 2.45) is 0 Å². The van der Waals surface area contributed by atoms with Crippen molar-refractivity contribution < 1.29 is 62.4 Å². The van der Waals surface area contributed by atoms with E-state index in [0.29, 0.717) is 0 Å². The second kappa shape index (κ2) is 16.3. The van der Waals surface area contributed by atoms with Crippen molar-refractivity contribution in [3.63, 3.8) is 0 Å². The van der Waals surface area contributed by atoms with Gasteiger partial charge in [-0.25, -0.2) is 14.4 Å². The summed E-state index contributed by atoms with van der Waals surface area (Å²) in [5, 5.41) is 31.9. The number of hydrogen-bond donors (Lipinski definition) is 0. The Morgan fingerprint density at radius 1 is 0.608 bits per heavy atom. The normalized spacial score (nSPS) is 17.0. The number of nitro benzene ring substituents is 3. The van der Waals surface area contributed by atoms with Crippen LogP contribution < -0.4 is 0 Å². The molecule has 0 amide bonds. The molecule has 3 aromatic rings. The van der Waals surface area contributed by atoms with Crippen molar-refractivity contribution in [3.8, 4) is 0 Å². The molecule has 0 aromatic heterocycles. The second-order valence-electron chi connectivity index (χ2n) is 10.5. The van der Waals surface area contributed by atoms with Crippen LogP contribution in [0.3, 0.4) is 0 Å². The van der Waals surface area contributed by atoms with E-state index in [1.807, 2.05) is 0 Å². The van der Waals surface area contributed by atoms with E-state index in [-0.39, 0.29) is 39.5 Å². The van der Waals surface area contributed by atoms with Crippen molar-refractivity contribution in [1.29, 1.82) is 0 Å². The van der Waals surface area contributed by atoms with Gasteiger partial charge in [-0.1, -0.05) is 0 Å². The molecule has 4 atom stereocenters. The van der Waals surface area contributed by atoms with Crippen molar-refractivity contribution in [2.45, 2.75) is 43.7 Å². The molecule has 19 nitrogen and oxygen atoms in total. The molecule has 1 heterocycles. The topological polar surface area (TPSA) is 261 Å². The van der Waals surface area contributed by atoms with Gasteiger partial charge in [0, 0.05) is 56.0 Å². The molecule has 0 aliphatic carbocycles. The van der Waals surface area contributed by atoms with Gasteiger partial charge in [-0.2, -0.15) is 0 Å². The minimum Gasteiger partial charge on any atom is -0.454 e. The number of nitro groups is 3. The second-order valence-corrected chi connectivity index (χ2v) is 11.7. The lowest BCUT2D eigenvalue weighted by Crippen LogP contribution is -2.50. The largest absolute Gasteiger partial charge is 0.454 e. The number of esters is 5. The van der Waals surface area contributed by atoms with E-state index >= 15 is 0 Å². The summed E-state index contributed by atoms with van der Waals surface area (Å²) >= 11 is 0.898. The van der Waals surface area contributed by atoms with Gasteiger partial charge >= 0.3 is 29.8 Å². The highest BCUT2D eigenvalue weighted by Crippen LogP contribution is 2.38. The Hall–Kier alpha value is -6.44. The van der Waals surface area contributed by atoms with E-state index in [2.05, 4.69) is 0 Å². The van der Waals surface area contributed by atoms with Crippen molar-refractivity contribution >= 4 is 58.7 Å². The van der Waals surface area contributed by atoms with Crippen molar-refractivity contribution in [3.05, 3.63) is 120 Å². The fourth-order valence-corrected chi connectivity index (χ4v) is 6.11. The van der Waals surface area contributed by atoms with Crippen LogP contribution in [0, 0.1) is 30.3 Å². The highest BCUT2D eigenvalue weighted by molar-refractivity contribution is 8.00. The lowest BCUT2D eigenvalue weighted by Gasteiger charge is -2.33. The number of ether oxygens (including phenoxy) is 5. The summed E-state index contributed by atoms with van der Waals surface area (Å²) in [6, 6.07) is 12.8. The van der Waals surface area contributed by atoms with Gasteiger partial charge in [0.2, 0.25) is 0 Å². The number of carbonyl (C=O) groups excluding carboxylic acids is 5. The molecule has 0 radical (unpaired) electrons. The molecule has 0 saturated carbocycles. The zero-order valence-electron chi connectivity index (χ0n) is 26.3. The molecule has 4 rings (SSSR count). The average Bonchev–Trinajstić information content (AvgIpc) is 3.47. The minimum absolute atomic E-state index is 0.117. The maximum absolute atomic E-state index is 13.4. The Kier molecular flexibility index (Phi) is 12.0. The first-order valence-corrected chi connectivity index (χ1v) is 15.5. The zero-order chi connectivity index (χ0) is 37.4. The average molecular weight is 728 g/mol. The van der Waals surface area contributed by atoms with E-state index in [1.165, 1.54) is 0 Å². The Balaban J connectivity index is 1.73. The van der Waals surface area contributed by atoms with Gasteiger partial charge in [-0.15, -0.1) is 11.8 Å². The lowest BCUT2D eigenvalue weighted by atomic mass is 10.1. The summed E-state index contributed by atoms with van der Waals surface area (Å²) in [7, 11) is 0. The maximum atomic E-state index is 13.4. The first kappa shape index (κ1) is 37.4. The molecule has 1 aliphatic heterocycles. The molecule has 0 bridgehead atoms. The molecule has 0 unspecified atom stereocenters. The highest BCUT2D eigenvalue weighted by atomic mass is 32.2. The number of carbonyl (C=O) groups is 5. The number of nitrogens with zero attached hydrogens (tertiary/aromatic N) is 3. The molecule has 1 fully saturated rings. The van der Waals surface area contributed by atoms with Crippen LogP contribution in [-0.4, -0.2) is 80.2 Å². The molecule has 0 N–H and O–H groups in total. The molecule has 3 aromatic carbocycles. The predicted molar refractivity (Wildman–Crippen MR) is 170 cm³/mol. The Bertz CT molecular complexity index is 1830. The van der Waals surface area contributed by atoms with E-state index in [1.54, 1.807) is 0 Å². The minimum atomic E-state index is -1.95. The van der Waals surface area contributed by atoms with Gasteiger partial charge in [0.1, 0.15) is 6.10 Å². The van der Waals surface area contributed by atoms with Gasteiger partial charge < -0.3 is 23.7 Å². The molecule has 1 saturated heterocycles. The number of benzene rings is 3. The molecule has 266 valence electrons. The van der Waals surface area contributed by atoms with E-state index in [4.69, 9.17) is 23.7 Å². The fourth-order valence-electron chi connectivity index (χ4n) is 4.64. The SMILES string of the molecule is CC(=O)OC(OC(C)=O)[C@H](OC(=O)c1ccc([N+](=O)[O-])cc1)[C@H]1SC[C@@H](OC(=O)c2ccc([N+](=O)[O-])cc2)[C@H]1OC(=O)c1ccc([N+](=O)[O-])cc1. The molecular formula is C31H25N3O16S. The first-order valence-electron chi connectivity index (χ1n) is 14.5. The fraction of sp³-hybridized carbons (Fsp3) is 0.258. The number of non-ortho nitro benzene ring substituents is 3.